The molecule has 0 aliphatic heterocycles. The van der Waals surface area contributed by atoms with E-state index in [9.17, 15) is 0 Å². The second kappa shape index (κ2) is 5.55. The summed E-state index contributed by atoms with van der Waals surface area (Å²) < 4.78 is 0. The minimum absolute atomic E-state index is 0.365. The highest BCUT2D eigenvalue weighted by Crippen LogP contribution is 2.12. The van der Waals surface area contributed by atoms with Crippen molar-refractivity contribution in [2.75, 3.05) is 11.9 Å². The Bertz CT molecular complexity index is 524. The molecule has 18 heavy (non-hydrogen) atoms. The van der Waals surface area contributed by atoms with Crippen molar-refractivity contribution in [1.82, 2.24) is 9.97 Å². The third-order valence-corrected chi connectivity index (χ3v) is 2.80. The van der Waals surface area contributed by atoms with Crippen LogP contribution in [0.3, 0.4) is 0 Å². The van der Waals surface area contributed by atoms with Gasteiger partial charge >= 0.3 is 0 Å². The minimum atomic E-state index is 0.365. The van der Waals surface area contributed by atoms with E-state index >= 15 is 0 Å². The van der Waals surface area contributed by atoms with Gasteiger partial charge in [0.15, 0.2) is 0 Å². The van der Waals surface area contributed by atoms with Crippen molar-refractivity contribution in [3.63, 3.8) is 0 Å². The molecular weight excluding hydrogens is 244 g/mol. The van der Waals surface area contributed by atoms with Gasteiger partial charge in [-0.15, -0.1) is 0 Å². The minimum Gasteiger partial charge on any atom is -0.389 e. The van der Waals surface area contributed by atoms with E-state index < -0.39 is 0 Å². The third kappa shape index (κ3) is 3.01. The molecule has 2 N–H and O–H groups in total. The molecule has 2 aromatic rings. The van der Waals surface area contributed by atoms with Gasteiger partial charge in [-0.25, -0.2) is 4.98 Å². The smallest absolute Gasteiger partial charge is 0.128 e. The molecule has 0 unspecified atom stereocenters. The highest BCUT2D eigenvalue weighted by Gasteiger charge is 2.04. The maximum atomic E-state index is 5.53. The zero-order chi connectivity index (χ0) is 13.0. The lowest BCUT2D eigenvalue weighted by atomic mass is 10.2. The van der Waals surface area contributed by atoms with Gasteiger partial charge in [0.2, 0.25) is 0 Å². The van der Waals surface area contributed by atoms with Gasteiger partial charge in [-0.3, -0.25) is 4.98 Å². The lowest BCUT2D eigenvalue weighted by Crippen LogP contribution is -2.18. The largest absolute Gasteiger partial charge is 0.389 e. The summed E-state index contributed by atoms with van der Waals surface area (Å²) in [5, 5.41) is 0. The number of hydrogen-bond donors (Lipinski definition) is 1. The number of nitrogens with two attached hydrogens (primary N) is 1. The molecule has 0 saturated carbocycles. The summed E-state index contributed by atoms with van der Waals surface area (Å²) in [6, 6.07) is 7.74. The maximum absolute atomic E-state index is 5.53. The average molecular weight is 258 g/mol. The van der Waals surface area contributed by atoms with Crippen LogP contribution in [0.5, 0.6) is 0 Å². The zero-order valence-corrected chi connectivity index (χ0v) is 10.9. The first-order valence-corrected chi connectivity index (χ1v) is 5.93. The van der Waals surface area contributed by atoms with Crippen LogP contribution in [-0.4, -0.2) is 22.0 Å². The van der Waals surface area contributed by atoms with Gasteiger partial charge in [0, 0.05) is 37.7 Å². The van der Waals surface area contributed by atoms with Gasteiger partial charge in [0.25, 0.3) is 0 Å². The molecule has 2 aromatic heterocycles. The van der Waals surface area contributed by atoms with E-state index in [4.69, 9.17) is 18.0 Å². The van der Waals surface area contributed by atoms with Crippen molar-refractivity contribution >= 4 is 23.0 Å². The summed E-state index contributed by atoms with van der Waals surface area (Å²) in [4.78, 5) is 10.8. The van der Waals surface area contributed by atoms with E-state index in [-0.39, 0.29) is 0 Å². The summed E-state index contributed by atoms with van der Waals surface area (Å²) in [6.07, 6.45) is 5.30. The van der Waals surface area contributed by atoms with E-state index in [0.29, 0.717) is 4.99 Å². The first kappa shape index (κ1) is 12.4. The Hall–Kier alpha value is -2.01. The number of aromatic nitrogens is 2. The Morgan fingerprint density at radius 3 is 2.72 bits per heavy atom. The molecule has 0 amide bonds. The molecule has 0 fully saturated rings. The molecule has 0 aliphatic rings. The molecule has 2 rings (SSSR count). The Morgan fingerprint density at radius 1 is 1.33 bits per heavy atom. The summed E-state index contributed by atoms with van der Waals surface area (Å²) in [5.74, 6) is 0.874. The molecule has 5 heteroatoms. The van der Waals surface area contributed by atoms with E-state index in [1.54, 1.807) is 12.4 Å². The monoisotopic (exact) mass is 258 g/mol. The summed E-state index contributed by atoms with van der Waals surface area (Å²) in [7, 11) is 1.98. The quantitative estimate of drug-likeness (QED) is 0.847. The number of anilines is 1. The van der Waals surface area contributed by atoms with Gasteiger partial charge in [0.1, 0.15) is 10.8 Å². The predicted molar refractivity (Wildman–Crippen MR) is 76.5 cm³/mol. The van der Waals surface area contributed by atoms with Crippen LogP contribution in [-0.2, 0) is 6.54 Å². The van der Waals surface area contributed by atoms with Crippen molar-refractivity contribution in [3.05, 3.63) is 54.0 Å². The van der Waals surface area contributed by atoms with Crippen molar-refractivity contribution in [2.24, 2.45) is 5.73 Å². The molecule has 0 aliphatic carbocycles. The van der Waals surface area contributed by atoms with E-state index in [1.165, 1.54) is 0 Å². The first-order valence-electron chi connectivity index (χ1n) is 5.52. The highest BCUT2D eigenvalue weighted by molar-refractivity contribution is 7.80. The Labute approximate surface area is 111 Å². The van der Waals surface area contributed by atoms with Gasteiger partial charge in [-0.2, -0.15) is 0 Å². The van der Waals surface area contributed by atoms with Crippen molar-refractivity contribution in [1.29, 1.82) is 0 Å². The van der Waals surface area contributed by atoms with Crippen LogP contribution in [0.4, 0.5) is 5.82 Å². The van der Waals surface area contributed by atoms with E-state index in [1.807, 2.05) is 42.4 Å². The molecule has 0 spiro atoms. The SMILES string of the molecule is CN(Cc1cccnc1)c1ccc(C(N)=S)cn1. The second-order valence-corrected chi connectivity index (χ2v) is 4.43. The predicted octanol–water partition coefficient (Wildman–Crippen LogP) is 1.75. The standard InChI is InChI=1S/C13H14N4S/c1-17(9-10-3-2-6-15-7-10)12-5-4-11(8-16-12)13(14)18/h2-8H,9H2,1H3,(H2,14,18). The van der Waals surface area contributed by atoms with Crippen molar-refractivity contribution < 1.29 is 0 Å². The molecule has 0 bridgehead atoms. The molecular formula is C13H14N4S. The highest BCUT2D eigenvalue weighted by atomic mass is 32.1. The molecule has 4 nitrogen and oxygen atoms in total. The van der Waals surface area contributed by atoms with Crippen LogP contribution >= 0.6 is 12.2 Å². The van der Waals surface area contributed by atoms with Gasteiger partial charge < -0.3 is 10.6 Å². The summed E-state index contributed by atoms with van der Waals surface area (Å²) in [6.45, 7) is 0.757. The van der Waals surface area contributed by atoms with Gasteiger partial charge in [-0.1, -0.05) is 18.3 Å². The Kier molecular flexibility index (Phi) is 3.84. The normalized spacial score (nSPS) is 10.1. The number of hydrogen-bond acceptors (Lipinski definition) is 4. The summed E-state index contributed by atoms with van der Waals surface area (Å²) in [5.41, 5.74) is 7.45. The lowest BCUT2D eigenvalue weighted by molar-refractivity contribution is 0.891. The molecule has 2 heterocycles. The second-order valence-electron chi connectivity index (χ2n) is 3.99. The van der Waals surface area contributed by atoms with Gasteiger partial charge in [0.05, 0.1) is 0 Å². The molecule has 92 valence electrons. The fourth-order valence-electron chi connectivity index (χ4n) is 1.60. The van der Waals surface area contributed by atoms with Crippen LogP contribution in [0.1, 0.15) is 11.1 Å². The Morgan fingerprint density at radius 2 is 2.17 bits per heavy atom. The van der Waals surface area contributed by atoms with Crippen molar-refractivity contribution in [3.8, 4) is 0 Å². The van der Waals surface area contributed by atoms with E-state index in [2.05, 4.69) is 9.97 Å². The molecule has 0 aromatic carbocycles. The lowest BCUT2D eigenvalue weighted by Gasteiger charge is -2.18. The maximum Gasteiger partial charge on any atom is 0.128 e. The number of rotatable bonds is 4. The Balaban J connectivity index is 2.09. The van der Waals surface area contributed by atoms with Crippen LogP contribution in [0.2, 0.25) is 0 Å². The van der Waals surface area contributed by atoms with Crippen molar-refractivity contribution in [2.45, 2.75) is 6.54 Å². The number of thiocarbonyl (C=S) groups is 1. The third-order valence-electron chi connectivity index (χ3n) is 2.57. The van der Waals surface area contributed by atoms with Crippen LogP contribution in [0.15, 0.2) is 42.9 Å². The topological polar surface area (TPSA) is 55.0 Å². The molecule has 0 saturated heterocycles. The fraction of sp³-hybridized carbons (Fsp3) is 0.154. The average Bonchev–Trinajstić information content (AvgIpc) is 2.40. The van der Waals surface area contributed by atoms with Crippen LogP contribution in [0.25, 0.3) is 0 Å². The van der Waals surface area contributed by atoms with Crippen LogP contribution in [0, 0.1) is 0 Å². The summed E-state index contributed by atoms with van der Waals surface area (Å²) >= 11 is 4.89. The fourth-order valence-corrected chi connectivity index (χ4v) is 1.72. The molecule has 0 atom stereocenters. The molecule has 0 radical (unpaired) electrons. The first-order chi connectivity index (χ1) is 8.66. The van der Waals surface area contributed by atoms with Crippen LogP contribution < -0.4 is 10.6 Å². The zero-order valence-electron chi connectivity index (χ0n) is 10.1. The number of nitrogens with zero attached hydrogens (tertiary/aromatic N) is 3. The van der Waals surface area contributed by atoms with Gasteiger partial charge in [-0.05, 0) is 23.8 Å². The number of pyridine rings is 2. The van der Waals surface area contributed by atoms with E-state index in [0.717, 1.165) is 23.5 Å².